The van der Waals surface area contributed by atoms with Crippen molar-refractivity contribution >= 4 is 53.3 Å². The zero-order chi connectivity index (χ0) is 50.4. The molecule has 10 nitrogen and oxygen atoms in total. The molecule has 0 aliphatic carbocycles. The van der Waals surface area contributed by atoms with Crippen molar-refractivity contribution in [1.29, 1.82) is 0 Å². The van der Waals surface area contributed by atoms with Crippen molar-refractivity contribution < 1.29 is 52.8 Å². The number of amides is 2. The first kappa shape index (κ1) is 50.7. The number of fused-ring (bicyclic) bond motifs is 2. The Balaban J connectivity index is 0.000000206. The van der Waals surface area contributed by atoms with Crippen LogP contribution in [-0.4, -0.2) is 49.3 Å². The first-order chi connectivity index (χ1) is 33.2. The molecule has 8 aromatic rings. The second kappa shape index (κ2) is 20.8. The Labute approximate surface area is 400 Å². The molecule has 8 rings (SSSR count). The fourth-order valence-corrected chi connectivity index (χ4v) is 9.49. The van der Waals surface area contributed by atoms with Crippen LogP contribution >= 0.6 is 0 Å². The molecule has 2 N–H and O–H groups in total. The number of halogens is 6. The zero-order valence-electron chi connectivity index (χ0n) is 37.7. The molecule has 0 aliphatic rings. The van der Waals surface area contributed by atoms with Gasteiger partial charge < -0.3 is 19.8 Å². The Morgan fingerprint density at radius 3 is 1.19 bits per heavy atom. The molecular formula is C52H46F6N4O6S2. The summed E-state index contributed by atoms with van der Waals surface area (Å²) in [6.45, 7) is 3.70. The molecule has 18 heteroatoms. The summed E-state index contributed by atoms with van der Waals surface area (Å²) in [5.74, 6) is -0.593. The van der Waals surface area contributed by atoms with E-state index in [1.165, 1.54) is 48.5 Å². The van der Waals surface area contributed by atoms with Gasteiger partial charge in [-0.05, 0) is 107 Å². The fourth-order valence-electron chi connectivity index (χ4n) is 7.73. The molecule has 0 atom stereocenters. The van der Waals surface area contributed by atoms with Crippen LogP contribution < -0.4 is 10.6 Å². The second-order valence-corrected chi connectivity index (χ2v) is 20.8. The van der Waals surface area contributed by atoms with Crippen LogP contribution in [0.15, 0.2) is 168 Å². The van der Waals surface area contributed by atoms with Crippen molar-refractivity contribution in [3.63, 3.8) is 0 Å². The molecule has 0 spiro atoms. The lowest BCUT2D eigenvalue weighted by Crippen LogP contribution is -2.22. The molecule has 2 amide bonds. The third kappa shape index (κ3) is 12.0. The van der Waals surface area contributed by atoms with Crippen molar-refractivity contribution in [3.8, 4) is 0 Å². The summed E-state index contributed by atoms with van der Waals surface area (Å²) < 4.78 is 131. The van der Waals surface area contributed by atoms with Crippen molar-refractivity contribution in [3.05, 3.63) is 202 Å². The van der Waals surface area contributed by atoms with Gasteiger partial charge in [-0.3, -0.25) is 9.59 Å². The number of rotatable bonds is 14. The molecule has 2 heterocycles. The monoisotopic (exact) mass is 1000 g/mol. The molecule has 6 aromatic carbocycles. The standard InChI is InChI=1S/2C26H23F3N2O3S/c2*1-2-35(33,34)22-10-7-18(8-11-22)16-30-25(32)20-9-12-24-19(15-20)13-14-31(24)17-21-5-3-4-6-23(21)26(27,28)29/h2*3-15H,2,16-17H2,1H3,(H,30,32). The maximum absolute atomic E-state index is 13.3. The normalized spacial score (nSPS) is 12.1. The number of benzene rings is 6. The van der Waals surface area contributed by atoms with Crippen LogP contribution in [0, 0.1) is 0 Å². The highest BCUT2D eigenvalue weighted by Gasteiger charge is 2.34. The number of alkyl halides is 6. The topological polar surface area (TPSA) is 136 Å². The number of nitrogens with one attached hydrogen (secondary N) is 2. The minimum absolute atomic E-state index is 0.0160. The van der Waals surface area contributed by atoms with E-state index < -0.39 is 43.2 Å². The molecule has 70 heavy (non-hydrogen) atoms. The molecular weight excluding hydrogens is 955 g/mol. The van der Waals surface area contributed by atoms with Crippen LogP contribution in [0.2, 0.25) is 0 Å². The number of carbonyl (C=O) groups is 2. The molecule has 364 valence electrons. The predicted octanol–water partition coefficient (Wildman–Crippen LogP) is 10.9. The van der Waals surface area contributed by atoms with Crippen LogP contribution in [0.3, 0.4) is 0 Å². The first-order valence-corrected chi connectivity index (χ1v) is 25.1. The number of sulfone groups is 2. The highest BCUT2D eigenvalue weighted by molar-refractivity contribution is 7.91. The van der Waals surface area contributed by atoms with E-state index in [-0.39, 0.29) is 70.4 Å². The van der Waals surface area contributed by atoms with Gasteiger partial charge in [-0.25, -0.2) is 16.8 Å². The minimum Gasteiger partial charge on any atom is -0.348 e. The maximum atomic E-state index is 13.3. The third-order valence-corrected chi connectivity index (χ3v) is 15.1. The average Bonchev–Trinajstić information content (AvgIpc) is 3.95. The van der Waals surface area contributed by atoms with Gasteiger partial charge in [0.2, 0.25) is 0 Å². The van der Waals surface area contributed by atoms with E-state index in [0.29, 0.717) is 22.2 Å². The summed E-state index contributed by atoms with van der Waals surface area (Å²) >= 11 is 0. The summed E-state index contributed by atoms with van der Waals surface area (Å²) in [5, 5.41) is 7.07. The van der Waals surface area contributed by atoms with Crippen molar-refractivity contribution in [1.82, 2.24) is 19.8 Å². The Bertz CT molecular complexity index is 3180. The number of carbonyl (C=O) groups excluding carboxylic acids is 2. The largest absolute Gasteiger partial charge is 0.416 e. The Hall–Kier alpha value is -7.18. The Morgan fingerprint density at radius 1 is 0.486 bits per heavy atom. The molecule has 0 unspecified atom stereocenters. The highest BCUT2D eigenvalue weighted by atomic mass is 32.2. The summed E-state index contributed by atoms with van der Waals surface area (Å²) in [6, 6.07) is 37.2. The van der Waals surface area contributed by atoms with Crippen LogP contribution in [0.25, 0.3) is 21.8 Å². The predicted molar refractivity (Wildman–Crippen MR) is 256 cm³/mol. The van der Waals surface area contributed by atoms with E-state index in [0.717, 1.165) is 34.0 Å². The van der Waals surface area contributed by atoms with Gasteiger partial charge in [0, 0.05) is 71.5 Å². The molecule has 0 saturated heterocycles. The van der Waals surface area contributed by atoms with E-state index in [2.05, 4.69) is 10.6 Å². The third-order valence-electron chi connectivity index (χ3n) is 11.6. The fraction of sp³-hybridized carbons (Fsp3) is 0.192. The number of hydrogen-bond donors (Lipinski definition) is 2. The van der Waals surface area contributed by atoms with Gasteiger partial charge >= 0.3 is 12.4 Å². The Kier molecular flexibility index (Phi) is 15.1. The van der Waals surface area contributed by atoms with Gasteiger partial charge in [0.25, 0.3) is 11.8 Å². The van der Waals surface area contributed by atoms with Crippen LogP contribution in [0.4, 0.5) is 26.3 Å². The summed E-state index contributed by atoms with van der Waals surface area (Å²) in [4.78, 5) is 25.8. The smallest absolute Gasteiger partial charge is 0.348 e. The average molecular weight is 1000 g/mol. The van der Waals surface area contributed by atoms with Crippen molar-refractivity contribution in [2.45, 2.75) is 62.2 Å². The quantitative estimate of drug-likeness (QED) is 0.104. The van der Waals surface area contributed by atoms with E-state index in [9.17, 15) is 52.8 Å². The van der Waals surface area contributed by atoms with Gasteiger partial charge in [0.1, 0.15) is 0 Å². The lowest BCUT2D eigenvalue weighted by atomic mass is 10.1. The van der Waals surface area contributed by atoms with Gasteiger partial charge in [0.05, 0.1) is 32.4 Å². The summed E-state index contributed by atoms with van der Waals surface area (Å²) in [7, 11) is -6.57. The van der Waals surface area contributed by atoms with Crippen molar-refractivity contribution in [2.24, 2.45) is 0 Å². The van der Waals surface area contributed by atoms with Crippen LogP contribution in [0.5, 0.6) is 0 Å². The second-order valence-electron chi connectivity index (χ2n) is 16.2. The van der Waals surface area contributed by atoms with E-state index in [4.69, 9.17) is 0 Å². The highest BCUT2D eigenvalue weighted by Crippen LogP contribution is 2.34. The molecule has 0 saturated carbocycles. The number of aromatic nitrogens is 2. The number of nitrogens with zero attached hydrogens (tertiary/aromatic N) is 2. The summed E-state index contributed by atoms with van der Waals surface area (Å²) in [5.41, 5.74) is 2.75. The van der Waals surface area contributed by atoms with Crippen molar-refractivity contribution in [2.75, 3.05) is 11.5 Å². The molecule has 2 aromatic heterocycles. The van der Waals surface area contributed by atoms with Gasteiger partial charge in [0.15, 0.2) is 19.7 Å². The minimum atomic E-state index is -4.44. The molecule has 0 radical (unpaired) electrons. The van der Waals surface area contributed by atoms with Gasteiger partial charge in [-0.2, -0.15) is 26.3 Å². The first-order valence-electron chi connectivity index (χ1n) is 21.8. The molecule has 0 bridgehead atoms. The van der Waals surface area contributed by atoms with E-state index in [1.807, 2.05) is 0 Å². The SMILES string of the molecule is CCS(=O)(=O)c1ccc(CNC(=O)c2ccc3c(ccn3Cc3ccccc3C(F)(F)F)c2)cc1.CCS(=O)(=O)c1ccc(CNC(=O)c2ccc3c(ccn3Cc3ccccc3C(F)(F)F)c2)cc1. The van der Waals surface area contributed by atoms with Crippen LogP contribution in [0.1, 0.15) is 67.9 Å². The van der Waals surface area contributed by atoms with E-state index in [1.54, 1.807) is 120 Å². The zero-order valence-corrected chi connectivity index (χ0v) is 39.3. The maximum Gasteiger partial charge on any atom is 0.416 e. The number of hydrogen-bond acceptors (Lipinski definition) is 6. The lowest BCUT2D eigenvalue weighted by Gasteiger charge is -2.14. The lowest BCUT2D eigenvalue weighted by molar-refractivity contribution is -0.139. The molecule has 0 aliphatic heterocycles. The van der Waals surface area contributed by atoms with Gasteiger partial charge in [-0.15, -0.1) is 0 Å². The van der Waals surface area contributed by atoms with E-state index >= 15 is 0 Å². The molecule has 0 fully saturated rings. The van der Waals surface area contributed by atoms with Gasteiger partial charge in [-0.1, -0.05) is 74.5 Å². The summed E-state index contributed by atoms with van der Waals surface area (Å²) in [6.07, 6.45) is -5.47. The van der Waals surface area contributed by atoms with Crippen LogP contribution in [-0.2, 0) is 58.2 Å². The Morgan fingerprint density at radius 2 is 0.843 bits per heavy atom.